The van der Waals surface area contributed by atoms with Crippen molar-refractivity contribution >= 4 is 29.3 Å². The quantitative estimate of drug-likeness (QED) is 0.587. The highest BCUT2D eigenvalue weighted by Crippen LogP contribution is 2.25. The molecular weight excluding hydrogens is 406 g/mol. The van der Waals surface area contributed by atoms with E-state index in [4.69, 9.17) is 0 Å². The Morgan fingerprint density at radius 1 is 1.13 bits per heavy atom. The van der Waals surface area contributed by atoms with Crippen LogP contribution in [0.15, 0.2) is 53.4 Å². The van der Waals surface area contributed by atoms with Crippen LogP contribution in [0.2, 0.25) is 0 Å². The summed E-state index contributed by atoms with van der Waals surface area (Å²) in [6, 6.07) is 16.0. The number of piperidine rings is 1. The molecule has 166 valence electrons. The monoisotopic (exact) mass is 439 g/mol. The van der Waals surface area contributed by atoms with Crippen molar-refractivity contribution in [3.63, 3.8) is 0 Å². The number of carbonyl (C=O) groups excluding carboxylic acids is 2. The summed E-state index contributed by atoms with van der Waals surface area (Å²) in [7, 11) is 0. The lowest BCUT2D eigenvalue weighted by molar-refractivity contribution is -0.120. The molecule has 1 aliphatic rings. The van der Waals surface area contributed by atoms with E-state index in [9.17, 15) is 9.59 Å². The van der Waals surface area contributed by atoms with E-state index in [1.165, 1.54) is 42.7 Å². The first-order chi connectivity index (χ1) is 14.9. The van der Waals surface area contributed by atoms with Crippen LogP contribution in [0.4, 0.5) is 5.69 Å². The van der Waals surface area contributed by atoms with Crippen LogP contribution in [0.25, 0.3) is 0 Å². The zero-order valence-corrected chi connectivity index (χ0v) is 19.5. The van der Waals surface area contributed by atoms with E-state index in [0.29, 0.717) is 6.54 Å². The Morgan fingerprint density at radius 3 is 2.52 bits per heavy atom. The number of nitrogens with zero attached hydrogens (tertiary/aromatic N) is 1. The highest BCUT2D eigenvalue weighted by molar-refractivity contribution is 8.00. The van der Waals surface area contributed by atoms with Crippen molar-refractivity contribution in [1.29, 1.82) is 0 Å². The Labute approximate surface area is 190 Å². The Balaban J connectivity index is 1.52. The minimum Gasteiger partial charge on any atom is -0.351 e. The van der Waals surface area contributed by atoms with E-state index < -0.39 is 0 Å². The molecule has 0 bridgehead atoms. The fourth-order valence-corrected chi connectivity index (χ4v) is 4.85. The van der Waals surface area contributed by atoms with Crippen molar-refractivity contribution in [2.75, 3.05) is 18.4 Å². The topological polar surface area (TPSA) is 61.4 Å². The largest absolute Gasteiger partial charge is 0.351 e. The number of benzene rings is 2. The second-order valence-electron chi connectivity index (χ2n) is 8.43. The van der Waals surface area contributed by atoms with Crippen molar-refractivity contribution < 1.29 is 9.59 Å². The molecule has 2 aromatic carbocycles. The maximum absolute atomic E-state index is 12.7. The van der Waals surface area contributed by atoms with Gasteiger partial charge in [-0.1, -0.05) is 31.2 Å². The number of amides is 2. The van der Waals surface area contributed by atoms with Crippen LogP contribution in [0.5, 0.6) is 0 Å². The number of thioether (sulfide) groups is 1. The predicted molar refractivity (Wildman–Crippen MR) is 128 cm³/mol. The first-order valence-electron chi connectivity index (χ1n) is 11.0. The van der Waals surface area contributed by atoms with Crippen LogP contribution >= 0.6 is 11.8 Å². The summed E-state index contributed by atoms with van der Waals surface area (Å²) in [6.07, 6.45) is 2.58. The molecule has 5 nitrogen and oxygen atoms in total. The van der Waals surface area contributed by atoms with Gasteiger partial charge in [0.25, 0.3) is 0 Å². The minimum absolute atomic E-state index is 0.0253. The van der Waals surface area contributed by atoms with Gasteiger partial charge in [-0.2, -0.15) is 0 Å². The zero-order chi connectivity index (χ0) is 22.2. The summed E-state index contributed by atoms with van der Waals surface area (Å²) in [5.74, 6) is 0.686. The van der Waals surface area contributed by atoms with Crippen LogP contribution in [-0.4, -0.2) is 35.1 Å². The molecule has 1 fully saturated rings. The number of anilines is 1. The van der Waals surface area contributed by atoms with Crippen LogP contribution in [0.1, 0.15) is 44.7 Å². The first kappa shape index (κ1) is 23.4. The highest BCUT2D eigenvalue weighted by atomic mass is 32.2. The van der Waals surface area contributed by atoms with E-state index >= 15 is 0 Å². The van der Waals surface area contributed by atoms with Gasteiger partial charge >= 0.3 is 0 Å². The molecule has 2 N–H and O–H groups in total. The average Bonchev–Trinajstić information content (AvgIpc) is 2.74. The Hall–Kier alpha value is -2.31. The van der Waals surface area contributed by atoms with Gasteiger partial charge in [0.1, 0.15) is 0 Å². The first-order valence-corrected chi connectivity index (χ1v) is 11.9. The van der Waals surface area contributed by atoms with Gasteiger partial charge in [-0.25, -0.2) is 0 Å². The summed E-state index contributed by atoms with van der Waals surface area (Å²) in [5, 5.41) is 5.65. The fraction of sp³-hybridized carbons (Fsp3) is 0.440. The number of carbonyl (C=O) groups is 2. The maximum Gasteiger partial charge on any atom is 0.233 e. The van der Waals surface area contributed by atoms with E-state index in [-0.39, 0.29) is 17.1 Å². The lowest BCUT2D eigenvalue weighted by Gasteiger charge is -2.31. The molecule has 3 rings (SSSR count). The third kappa shape index (κ3) is 7.40. The molecule has 1 aliphatic heterocycles. The summed E-state index contributed by atoms with van der Waals surface area (Å²) >= 11 is 1.51. The van der Waals surface area contributed by atoms with Gasteiger partial charge < -0.3 is 10.6 Å². The van der Waals surface area contributed by atoms with Gasteiger partial charge in [-0.15, -0.1) is 11.8 Å². The van der Waals surface area contributed by atoms with Crippen LogP contribution < -0.4 is 10.6 Å². The van der Waals surface area contributed by atoms with Gasteiger partial charge in [-0.3, -0.25) is 14.5 Å². The zero-order valence-electron chi connectivity index (χ0n) is 18.7. The second kappa shape index (κ2) is 11.3. The second-order valence-corrected chi connectivity index (χ2v) is 9.85. The molecule has 2 aromatic rings. The van der Waals surface area contributed by atoms with Crippen LogP contribution in [0.3, 0.4) is 0 Å². The van der Waals surface area contributed by atoms with Gasteiger partial charge in [0, 0.05) is 37.1 Å². The molecule has 1 saturated heterocycles. The number of rotatable bonds is 8. The molecule has 2 amide bonds. The fourth-order valence-electron chi connectivity index (χ4n) is 3.96. The molecule has 6 heteroatoms. The summed E-state index contributed by atoms with van der Waals surface area (Å²) in [4.78, 5) is 27.3. The highest BCUT2D eigenvalue weighted by Gasteiger charge is 2.18. The van der Waals surface area contributed by atoms with Crippen LogP contribution in [-0.2, 0) is 22.7 Å². The van der Waals surface area contributed by atoms with Gasteiger partial charge in [-0.05, 0) is 67.6 Å². The maximum atomic E-state index is 12.7. The smallest absolute Gasteiger partial charge is 0.233 e. The van der Waals surface area contributed by atoms with E-state index in [0.717, 1.165) is 36.1 Å². The third-order valence-electron chi connectivity index (χ3n) is 5.56. The van der Waals surface area contributed by atoms with E-state index in [1.54, 1.807) is 0 Å². The lowest BCUT2D eigenvalue weighted by Crippen LogP contribution is -2.34. The number of likely N-dealkylation sites (tertiary alicyclic amines) is 1. The Kier molecular flexibility index (Phi) is 8.55. The van der Waals surface area contributed by atoms with Crippen molar-refractivity contribution in [3.05, 3.63) is 59.7 Å². The van der Waals surface area contributed by atoms with Gasteiger partial charge in [0.05, 0.1) is 5.25 Å². The van der Waals surface area contributed by atoms with E-state index in [2.05, 4.69) is 40.7 Å². The summed E-state index contributed by atoms with van der Waals surface area (Å²) < 4.78 is 0. The molecule has 0 radical (unpaired) electrons. The van der Waals surface area contributed by atoms with E-state index in [1.807, 2.05) is 37.3 Å². The van der Waals surface area contributed by atoms with Crippen LogP contribution in [0, 0.1) is 5.92 Å². The molecule has 31 heavy (non-hydrogen) atoms. The Morgan fingerprint density at radius 2 is 1.84 bits per heavy atom. The normalized spacial score (nSPS) is 17.7. The van der Waals surface area contributed by atoms with Crippen molar-refractivity contribution in [2.45, 2.75) is 56.8 Å². The Bertz CT molecular complexity index is 885. The molecule has 0 spiro atoms. The predicted octanol–water partition coefficient (Wildman–Crippen LogP) is 4.67. The van der Waals surface area contributed by atoms with Gasteiger partial charge in [0.2, 0.25) is 11.8 Å². The lowest BCUT2D eigenvalue weighted by atomic mass is 9.99. The molecule has 0 aromatic heterocycles. The SMILES string of the molecule is CC(=O)Nc1ccc(SC(C)C(=O)NCc2ccccc2CN2CCCC(C)C2)cc1. The average molecular weight is 440 g/mol. The van der Waals surface area contributed by atoms with Crippen molar-refractivity contribution in [1.82, 2.24) is 10.2 Å². The molecule has 0 saturated carbocycles. The van der Waals surface area contributed by atoms with Gasteiger partial charge in [0.15, 0.2) is 0 Å². The molecule has 2 atom stereocenters. The minimum atomic E-state index is -0.207. The summed E-state index contributed by atoms with van der Waals surface area (Å²) in [6.45, 7) is 9.52. The number of hydrogen-bond donors (Lipinski definition) is 2. The molecule has 2 unspecified atom stereocenters. The molecule has 1 heterocycles. The standard InChI is InChI=1S/C25H33N3O2S/c1-18-7-6-14-28(16-18)17-22-9-5-4-8-21(22)15-26-25(30)19(2)31-24-12-10-23(11-13-24)27-20(3)29/h4-5,8-13,18-19H,6-7,14-17H2,1-3H3,(H,26,30)(H,27,29). The van der Waals surface area contributed by atoms with Crippen molar-refractivity contribution in [3.8, 4) is 0 Å². The summed E-state index contributed by atoms with van der Waals surface area (Å²) in [5.41, 5.74) is 3.24. The number of hydrogen-bond acceptors (Lipinski definition) is 4. The van der Waals surface area contributed by atoms with Crippen molar-refractivity contribution in [2.24, 2.45) is 5.92 Å². The third-order valence-corrected chi connectivity index (χ3v) is 6.68. The number of nitrogens with one attached hydrogen (secondary N) is 2. The molecular formula is C25H33N3O2S. The molecule has 0 aliphatic carbocycles.